The largest absolute Gasteiger partial charge is 0.496 e. The first-order valence-corrected chi connectivity index (χ1v) is 8.35. The maximum atomic E-state index is 5.35. The predicted molar refractivity (Wildman–Crippen MR) is 85.2 cm³/mol. The summed E-state index contributed by atoms with van der Waals surface area (Å²) >= 11 is 3.63. The third kappa shape index (κ3) is 3.35. The Balaban J connectivity index is 1.81. The van der Waals surface area contributed by atoms with E-state index in [9.17, 15) is 0 Å². The Labute approximate surface area is 129 Å². The Kier molecular flexibility index (Phi) is 4.64. The molecule has 1 N–H and O–H groups in total. The normalized spacial score (nSPS) is 21.7. The van der Waals surface area contributed by atoms with Crippen molar-refractivity contribution in [2.24, 2.45) is 5.92 Å². The molecule has 0 amide bonds. The minimum atomic E-state index is 0.562. The number of halogens is 1. The first kappa shape index (κ1) is 14.4. The van der Waals surface area contributed by atoms with E-state index in [4.69, 9.17) is 4.74 Å². The highest BCUT2D eigenvalue weighted by molar-refractivity contribution is 9.10. The van der Waals surface area contributed by atoms with Crippen LogP contribution < -0.4 is 10.1 Å². The molecular weight excluding hydrogens is 316 g/mol. The Morgan fingerprint density at radius 1 is 1.35 bits per heavy atom. The molecule has 3 nitrogen and oxygen atoms in total. The van der Waals surface area contributed by atoms with Crippen molar-refractivity contribution in [2.75, 3.05) is 33.3 Å². The van der Waals surface area contributed by atoms with Crippen LogP contribution in [-0.2, 0) is 0 Å². The summed E-state index contributed by atoms with van der Waals surface area (Å²) in [5, 5.41) is 3.45. The topological polar surface area (TPSA) is 24.5 Å². The molecule has 20 heavy (non-hydrogen) atoms. The number of ether oxygens (including phenoxy) is 1. The van der Waals surface area contributed by atoms with E-state index in [2.05, 4.69) is 44.3 Å². The molecular formula is C16H23BrN2O. The molecule has 0 radical (unpaired) electrons. The van der Waals surface area contributed by atoms with Crippen LogP contribution in [-0.4, -0.2) is 38.2 Å². The highest BCUT2D eigenvalue weighted by Gasteiger charge is 2.30. The number of hydrogen-bond acceptors (Lipinski definition) is 3. The standard InChI is InChI=1S/C16H23BrN2O/c1-20-16-5-4-13(11-14(16)17)15(10-12-2-3-12)19-8-6-18-7-9-19/h4-5,11-12,15,18H,2-3,6-10H2,1H3/t15-/m0/s1. The second-order valence-electron chi connectivity index (χ2n) is 5.87. The molecule has 1 aromatic carbocycles. The number of hydrogen-bond donors (Lipinski definition) is 1. The van der Waals surface area contributed by atoms with E-state index >= 15 is 0 Å². The van der Waals surface area contributed by atoms with Gasteiger partial charge < -0.3 is 10.1 Å². The number of methoxy groups -OCH3 is 1. The summed E-state index contributed by atoms with van der Waals surface area (Å²) in [6, 6.07) is 7.13. The van der Waals surface area contributed by atoms with Crippen molar-refractivity contribution in [1.82, 2.24) is 10.2 Å². The van der Waals surface area contributed by atoms with Gasteiger partial charge in [0.1, 0.15) is 5.75 Å². The molecule has 1 saturated heterocycles. The van der Waals surface area contributed by atoms with Crippen molar-refractivity contribution in [3.05, 3.63) is 28.2 Å². The molecule has 0 aromatic heterocycles. The maximum absolute atomic E-state index is 5.35. The summed E-state index contributed by atoms with van der Waals surface area (Å²) in [4.78, 5) is 2.64. The van der Waals surface area contributed by atoms with Crippen LogP contribution >= 0.6 is 15.9 Å². The molecule has 0 bridgehead atoms. The number of benzene rings is 1. The van der Waals surface area contributed by atoms with Gasteiger partial charge in [-0.2, -0.15) is 0 Å². The van der Waals surface area contributed by atoms with Gasteiger partial charge in [-0.05, 0) is 46.0 Å². The van der Waals surface area contributed by atoms with Gasteiger partial charge in [0.15, 0.2) is 0 Å². The number of nitrogens with zero attached hydrogens (tertiary/aromatic N) is 1. The fraction of sp³-hybridized carbons (Fsp3) is 0.625. The van der Waals surface area contributed by atoms with Crippen LogP contribution in [0.25, 0.3) is 0 Å². The molecule has 2 aliphatic rings. The van der Waals surface area contributed by atoms with E-state index < -0.39 is 0 Å². The van der Waals surface area contributed by atoms with Crippen LogP contribution in [0.2, 0.25) is 0 Å². The molecule has 1 saturated carbocycles. The van der Waals surface area contributed by atoms with E-state index in [1.165, 1.54) is 24.8 Å². The van der Waals surface area contributed by atoms with Crippen LogP contribution in [0.3, 0.4) is 0 Å². The molecule has 1 aromatic rings. The highest BCUT2D eigenvalue weighted by atomic mass is 79.9. The molecule has 2 fully saturated rings. The lowest BCUT2D eigenvalue weighted by Gasteiger charge is -2.35. The Morgan fingerprint density at radius 2 is 2.10 bits per heavy atom. The number of nitrogens with one attached hydrogen (secondary N) is 1. The van der Waals surface area contributed by atoms with Crippen LogP contribution in [0.1, 0.15) is 30.9 Å². The summed E-state index contributed by atoms with van der Waals surface area (Å²) in [5.74, 6) is 1.86. The monoisotopic (exact) mass is 338 g/mol. The minimum Gasteiger partial charge on any atom is -0.496 e. The number of piperazine rings is 1. The first-order chi connectivity index (χ1) is 9.78. The van der Waals surface area contributed by atoms with Crippen LogP contribution in [0, 0.1) is 5.92 Å². The molecule has 4 heteroatoms. The highest BCUT2D eigenvalue weighted by Crippen LogP contribution is 2.41. The van der Waals surface area contributed by atoms with Gasteiger partial charge in [0, 0.05) is 32.2 Å². The zero-order valence-corrected chi connectivity index (χ0v) is 13.7. The first-order valence-electron chi connectivity index (χ1n) is 7.56. The third-order valence-electron chi connectivity index (χ3n) is 4.41. The fourth-order valence-electron chi connectivity index (χ4n) is 3.05. The lowest BCUT2D eigenvalue weighted by atomic mass is 9.98. The molecule has 0 unspecified atom stereocenters. The van der Waals surface area contributed by atoms with Gasteiger partial charge in [-0.3, -0.25) is 4.90 Å². The predicted octanol–water partition coefficient (Wildman–Crippen LogP) is 3.20. The molecule has 0 spiro atoms. The van der Waals surface area contributed by atoms with Gasteiger partial charge in [-0.25, -0.2) is 0 Å². The molecule has 1 aliphatic heterocycles. The second kappa shape index (κ2) is 6.46. The van der Waals surface area contributed by atoms with Gasteiger partial charge >= 0.3 is 0 Å². The van der Waals surface area contributed by atoms with Crippen molar-refractivity contribution >= 4 is 15.9 Å². The summed E-state index contributed by atoms with van der Waals surface area (Å²) in [6.07, 6.45) is 4.14. The molecule has 1 aliphatic carbocycles. The zero-order chi connectivity index (χ0) is 13.9. The second-order valence-corrected chi connectivity index (χ2v) is 6.73. The molecule has 110 valence electrons. The lowest BCUT2D eigenvalue weighted by Crippen LogP contribution is -2.45. The van der Waals surface area contributed by atoms with Crippen molar-refractivity contribution < 1.29 is 4.74 Å². The van der Waals surface area contributed by atoms with Gasteiger partial charge in [-0.1, -0.05) is 18.9 Å². The van der Waals surface area contributed by atoms with Crippen LogP contribution in [0.5, 0.6) is 5.75 Å². The SMILES string of the molecule is COc1ccc([C@H](CC2CC2)N2CCNCC2)cc1Br. The summed E-state index contributed by atoms with van der Waals surface area (Å²) in [7, 11) is 1.72. The van der Waals surface area contributed by atoms with Crippen LogP contribution in [0.15, 0.2) is 22.7 Å². The minimum absolute atomic E-state index is 0.562. The molecule has 1 heterocycles. The van der Waals surface area contributed by atoms with Gasteiger partial charge in [0.25, 0.3) is 0 Å². The summed E-state index contributed by atoms with van der Waals surface area (Å²) in [6.45, 7) is 4.53. The van der Waals surface area contributed by atoms with E-state index in [1.54, 1.807) is 7.11 Å². The van der Waals surface area contributed by atoms with Crippen LogP contribution in [0.4, 0.5) is 0 Å². The molecule has 3 rings (SSSR count). The van der Waals surface area contributed by atoms with Crippen molar-refractivity contribution in [3.63, 3.8) is 0 Å². The Morgan fingerprint density at radius 3 is 2.70 bits per heavy atom. The van der Waals surface area contributed by atoms with Crippen molar-refractivity contribution in [3.8, 4) is 5.75 Å². The van der Waals surface area contributed by atoms with E-state index in [0.29, 0.717) is 6.04 Å². The maximum Gasteiger partial charge on any atom is 0.133 e. The van der Waals surface area contributed by atoms with Crippen molar-refractivity contribution in [2.45, 2.75) is 25.3 Å². The summed E-state index contributed by atoms with van der Waals surface area (Å²) in [5.41, 5.74) is 1.42. The van der Waals surface area contributed by atoms with Gasteiger partial charge in [0.05, 0.1) is 11.6 Å². The Bertz CT molecular complexity index is 456. The van der Waals surface area contributed by atoms with E-state index in [1.807, 2.05) is 0 Å². The van der Waals surface area contributed by atoms with Gasteiger partial charge in [0.2, 0.25) is 0 Å². The van der Waals surface area contributed by atoms with E-state index in [0.717, 1.165) is 42.3 Å². The average molecular weight is 339 g/mol. The summed E-state index contributed by atoms with van der Waals surface area (Å²) < 4.78 is 6.41. The third-order valence-corrected chi connectivity index (χ3v) is 5.03. The quantitative estimate of drug-likeness (QED) is 0.892. The fourth-order valence-corrected chi connectivity index (χ4v) is 3.61. The lowest BCUT2D eigenvalue weighted by molar-refractivity contribution is 0.160. The Hall–Kier alpha value is -0.580. The smallest absolute Gasteiger partial charge is 0.133 e. The molecule has 1 atom stereocenters. The zero-order valence-electron chi connectivity index (χ0n) is 12.1. The average Bonchev–Trinajstić information content (AvgIpc) is 3.30. The van der Waals surface area contributed by atoms with E-state index in [-0.39, 0.29) is 0 Å². The van der Waals surface area contributed by atoms with Gasteiger partial charge in [-0.15, -0.1) is 0 Å². The number of rotatable bonds is 5. The van der Waals surface area contributed by atoms with Crippen molar-refractivity contribution in [1.29, 1.82) is 0 Å².